The van der Waals surface area contributed by atoms with E-state index in [9.17, 15) is 0 Å². The third-order valence-electron chi connectivity index (χ3n) is 2.98. The lowest BCUT2D eigenvalue weighted by molar-refractivity contribution is -0.633. The van der Waals surface area contributed by atoms with Gasteiger partial charge in [-0.25, -0.2) is 9.13 Å². The summed E-state index contributed by atoms with van der Waals surface area (Å²) >= 11 is 1.78. The van der Waals surface area contributed by atoms with Crippen molar-refractivity contribution in [2.24, 2.45) is 14.1 Å². The Morgan fingerprint density at radius 2 is 1.88 bits per heavy atom. The molecule has 2 aromatic heterocycles. The summed E-state index contributed by atoms with van der Waals surface area (Å²) < 4.78 is 4.50. The number of aromatic nitrogens is 2. The standard InChI is InChI=1S/C13H13N2S.ClH/c1-14-10-6-3-4-7-11(10)15(2)13(14)12-8-5-9-16-12;/h3-9H,1-2H3;1H/q+1;/p-1. The fraction of sp³-hybridized carbons (Fsp3) is 0.154. The average molecular weight is 265 g/mol. The van der Waals surface area contributed by atoms with Crippen LogP contribution in [0.25, 0.3) is 21.7 Å². The normalized spacial score (nSPS) is 10.5. The van der Waals surface area contributed by atoms with E-state index in [-0.39, 0.29) is 12.4 Å². The second-order valence-electron chi connectivity index (χ2n) is 3.91. The Kier molecular flexibility index (Phi) is 3.22. The maximum Gasteiger partial charge on any atom is 0.299 e. The van der Waals surface area contributed by atoms with E-state index in [4.69, 9.17) is 0 Å². The van der Waals surface area contributed by atoms with E-state index in [1.54, 1.807) is 11.3 Å². The first kappa shape index (κ1) is 12.1. The van der Waals surface area contributed by atoms with Gasteiger partial charge in [0.25, 0.3) is 5.82 Å². The Bertz CT molecular complexity index is 602. The van der Waals surface area contributed by atoms with E-state index >= 15 is 0 Å². The van der Waals surface area contributed by atoms with E-state index in [0.29, 0.717) is 0 Å². The van der Waals surface area contributed by atoms with Crippen molar-refractivity contribution in [3.8, 4) is 10.7 Å². The van der Waals surface area contributed by atoms with Gasteiger partial charge in [0.1, 0.15) is 4.88 Å². The van der Waals surface area contributed by atoms with Crippen molar-refractivity contribution in [1.82, 2.24) is 4.57 Å². The first-order chi connectivity index (χ1) is 7.79. The molecule has 4 heteroatoms. The summed E-state index contributed by atoms with van der Waals surface area (Å²) in [6, 6.07) is 12.7. The zero-order valence-corrected chi connectivity index (χ0v) is 11.3. The number of thiophene rings is 1. The van der Waals surface area contributed by atoms with Gasteiger partial charge in [0.2, 0.25) is 0 Å². The Labute approximate surface area is 111 Å². The van der Waals surface area contributed by atoms with Crippen LogP contribution in [0.3, 0.4) is 0 Å². The Morgan fingerprint density at radius 1 is 1.12 bits per heavy atom. The molecular weight excluding hydrogens is 252 g/mol. The van der Waals surface area contributed by atoms with E-state index in [1.807, 2.05) is 0 Å². The zero-order valence-electron chi connectivity index (χ0n) is 9.72. The molecule has 0 N–H and O–H groups in total. The molecule has 0 aliphatic rings. The van der Waals surface area contributed by atoms with Crippen LogP contribution in [-0.2, 0) is 14.1 Å². The molecule has 1 aromatic carbocycles. The van der Waals surface area contributed by atoms with Crippen molar-refractivity contribution >= 4 is 22.4 Å². The maximum atomic E-state index is 2.25. The number of aryl methyl sites for hydroxylation is 2. The third-order valence-corrected chi connectivity index (χ3v) is 3.85. The monoisotopic (exact) mass is 264 g/mol. The molecule has 3 rings (SSSR count). The largest absolute Gasteiger partial charge is 1.00 e. The van der Waals surface area contributed by atoms with Gasteiger partial charge in [-0.1, -0.05) is 18.2 Å². The van der Waals surface area contributed by atoms with Crippen LogP contribution >= 0.6 is 11.3 Å². The number of para-hydroxylation sites is 2. The zero-order chi connectivity index (χ0) is 11.1. The number of halogens is 1. The minimum atomic E-state index is 0. The molecule has 0 bridgehead atoms. The maximum absolute atomic E-state index is 2.25. The highest BCUT2D eigenvalue weighted by Crippen LogP contribution is 2.25. The van der Waals surface area contributed by atoms with Gasteiger partial charge >= 0.3 is 0 Å². The van der Waals surface area contributed by atoms with Gasteiger partial charge in [-0.3, -0.25) is 0 Å². The van der Waals surface area contributed by atoms with Crippen LogP contribution in [0.1, 0.15) is 0 Å². The molecule has 2 nitrogen and oxygen atoms in total. The second-order valence-corrected chi connectivity index (χ2v) is 4.86. The minimum Gasteiger partial charge on any atom is -1.00 e. The smallest absolute Gasteiger partial charge is 0.299 e. The molecule has 0 amide bonds. The first-order valence-corrected chi connectivity index (χ1v) is 6.14. The number of rotatable bonds is 1. The van der Waals surface area contributed by atoms with Crippen LogP contribution in [0.4, 0.5) is 0 Å². The summed E-state index contributed by atoms with van der Waals surface area (Å²) in [5, 5.41) is 2.12. The molecule has 0 fully saturated rings. The van der Waals surface area contributed by atoms with Gasteiger partial charge < -0.3 is 12.4 Å². The second kappa shape index (κ2) is 4.51. The summed E-state index contributed by atoms with van der Waals surface area (Å²) in [4.78, 5) is 1.31. The summed E-state index contributed by atoms with van der Waals surface area (Å²) in [6.07, 6.45) is 0. The lowest BCUT2D eigenvalue weighted by Crippen LogP contribution is -3.00. The minimum absolute atomic E-state index is 0. The Balaban J connectivity index is 0.00000108. The predicted octanol–water partition coefficient (Wildman–Crippen LogP) is -0.265. The molecule has 0 atom stereocenters. The Hall–Kier alpha value is -1.32. The number of benzene rings is 1. The van der Waals surface area contributed by atoms with Gasteiger partial charge in [0.05, 0.1) is 14.1 Å². The van der Waals surface area contributed by atoms with Gasteiger partial charge in [-0.15, -0.1) is 11.3 Å². The fourth-order valence-electron chi connectivity index (χ4n) is 2.22. The summed E-state index contributed by atoms with van der Waals surface area (Å²) in [7, 11) is 4.24. The molecule has 17 heavy (non-hydrogen) atoms. The number of hydrogen-bond acceptors (Lipinski definition) is 1. The van der Waals surface area contributed by atoms with E-state index in [0.717, 1.165) is 0 Å². The third kappa shape index (κ3) is 1.75. The van der Waals surface area contributed by atoms with Gasteiger partial charge in [0, 0.05) is 0 Å². The van der Waals surface area contributed by atoms with Crippen molar-refractivity contribution in [2.75, 3.05) is 0 Å². The molecular formula is C13H13ClN2S. The molecule has 0 saturated heterocycles. The SMILES string of the molecule is Cn1c(-c2cccs2)[n+](C)c2ccccc21.[Cl-]. The number of nitrogens with zero attached hydrogens (tertiary/aromatic N) is 2. The van der Waals surface area contributed by atoms with Gasteiger partial charge in [-0.2, -0.15) is 0 Å². The topological polar surface area (TPSA) is 8.81 Å². The highest BCUT2D eigenvalue weighted by atomic mass is 35.5. The van der Waals surface area contributed by atoms with Crippen LogP contribution in [0.5, 0.6) is 0 Å². The Morgan fingerprint density at radius 3 is 2.53 bits per heavy atom. The number of fused-ring (bicyclic) bond motifs is 1. The van der Waals surface area contributed by atoms with Crippen LogP contribution in [0.15, 0.2) is 41.8 Å². The molecule has 0 spiro atoms. The van der Waals surface area contributed by atoms with Gasteiger partial charge in [0.15, 0.2) is 11.0 Å². The molecule has 3 aromatic rings. The molecule has 0 saturated carbocycles. The van der Waals surface area contributed by atoms with Crippen LogP contribution < -0.4 is 17.0 Å². The van der Waals surface area contributed by atoms with Crippen molar-refractivity contribution in [3.05, 3.63) is 41.8 Å². The van der Waals surface area contributed by atoms with E-state index < -0.39 is 0 Å². The first-order valence-electron chi connectivity index (χ1n) is 5.26. The van der Waals surface area contributed by atoms with Crippen molar-refractivity contribution in [1.29, 1.82) is 0 Å². The van der Waals surface area contributed by atoms with Crippen molar-refractivity contribution < 1.29 is 17.0 Å². The molecule has 88 valence electrons. The number of imidazole rings is 1. The lowest BCUT2D eigenvalue weighted by Gasteiger charge is -1.93. The quantitative estimate of drug-likeness (QED) is 0.536. The predicted molar refractivity (Wildman–Crippen MR) is 67.4 cm³/mol. The van der Waals surface area contributed by atoms with Crippen molar-refractivity contribution in [2.45, 2.75) is 0 Å². The van der Waals surface area contributed by atoms with E-state index in [2.05, 4.69) is 65.0 Å². The summed E-state index contributed by atoms with van der Waals surface area (Å²) in [5.74, 6) is 1.26. The molecule has 0 aliphatic heterocycles. The summed E-state index contributed by atoms with van der Waals surface area (Å²) in [5.41, 5.74) is 2.54. The highest BCUT2D eigenvalue weighted by Gasteiger charge is 2.21. The molecule has 2 heterocycles. The number of hydrogen-bond donors (Lipinski definition) is 0. The van der Waals surface area contributed by atoms with Gasteiger partial charge in [-0.05, 0) is 23.6 Å². The molecule has 0 aliphatic carbocycles. The van der Waals surface area contributed by atoms with Crippen LogP contribution in [0, 0.1) is 0 Å². The van der Waals surface area contributed by atoms with Crippen molar-refractivity contribution in [3.63, 3.8) is 0 Å². The van der Waals surface area contributed by atoms with Crippen LogP contribution in [-0.4, -0.2) is 4.57 Å². The fourth-order valence-corrected chi connectivity index (χ4v) is 3.06. The van der Waals surface area contributed by atoms with E-state index in [1.165, 1.54) is 21.7 Å². The summed E-state index contributed by atoms with van der Waals surface area (Å²) in [6.45, 7) is 0. The lowest BCUT2D eigenvalue weighted by atomic mass is 10.3. The highest BCUT2D eigenvalue weighted by molar-refractivity contribution is 7.13. The average Bonchev–Trinajstić information content (AvgIpc) is 2.89. The molecule has 0 unspecified atom stereocenters. The van der Waals surface area contributed by atoms with Crippen LogP contribution in [0.2, 0.25) is 0 Å². The molecule has 0 radical (unpaired) electrons.